The number of aromatic nitrogens is 4. The summed E-state index contributed by atoms with van der Waals surface area (Å²) < 4.78 is 26.0. The molecule has 0 radical (unpaired) electrons. The molecule has 3 heterocycles. The molecule has 36 heavy (non-hydrogen) atoms. The molecule has 186 valence electrons. The van der Waals surface area contributed by atoms with Crippen LogP contribution in [0.4, 0.5) is 0 Å². The van der Waals surface area contributed by atoms with E-state index in [1.807, 2.05) is 31.2 Å². The number of sulfonamides is 1. The molecule has 2 aromatic heterocycles. The van der Waals surface area contributed by atoms with Crippen molar-refractivity contribution < 1.29 is 13.2 Å². The van der Waals surface area contributed by atoms with Crippen molar-refractivity contribution in [3.05, 3.63) is 76.2 Å². The second-order valence-corrected chi connectivity index (χ2v) is 11.2. The molecule has 0 fully saturated rings. The Bertz CT molecular complexity index is 1630. The van der Waals surface area contributed by atoms with Gasteiger partial charge in [0.05, 0.1) is 22.8 Å². The molecular weight excluding hydrogens is 500 g/mol. The van der Waals surface area contributed by atoms with E-state index in [2.05, 4.69) is 10.4 Å². The summed E-state index contributed by atoms with van der Waals surface area (Å²) in [6.45, 7) is 2.36. The smallest absolute Gasteiger partial charge is 0.265 e. The van der Waals surface area contributed by atoms with Crippen LogP contribution in [0.2, 0.25) is 0 Å². The first kappa shape index (κ1) is 24.2. The Balaban J connectivity index is 1.27. The first-order valence-corrected chi connectivity index (χ1v) is 13.8. The minimum Gasteiger partial charge on any atom is -0.356 e. The van der Waals surface area contributed by atoms with E-state index in [9.17, 15) is 18.0 Å². The lowest BCUT2D eigenvalue weighted by molar-refractivity contribution is -0.121. The maximum atomic E-state index is 13.3. The summed E-state index contributed by atoms with van der Waals surface area (Å²) in [5.74, 6) is 0.409. The highest BCUT2D eigenvalue weighted by molar-refractivity contribution is 7.99. The first-order valence-electron chi connectivity index (χ1n) is 11.3. The van der Waals surface area contributed by atoms with E-state index in [0.29, 0.717) is 34.9 Å². The van der Waals surface area contributed by atoms with Gasteiger partial charge < -0.3 is 5.32 Å². The summed E-state index contributed by atoms with van der Waals surface area (Å²) in [6, 6.07) is 13.7. The van der Waals surface area contributed by atoms with Crippen LogP contribution < -0.4 is 16.0 Å². The number of carbonyl (C=O) groups is 1. The molecule has 0 saturated carbocycles. The van der Waals surface area contributed by atoms with Crippen molar-refractivity contribution in [3.8, 4) is 5.69 Å². The fourth-order valence-corrected chi connectivity index (χ4v) is 5.88. The topological polar surface area (TPSA) is 142 Å². The molecule has 3 N–H and O–H groups in total. The molecule has 1 amide bonds. The molecule has 2 aromatic carbocycles. The fourth-order valence-electron chi connectivity index (χ4n) is 4.24. The van der Waals surface area contributed by atoms with Gasteiger partial charge in [-0.25, -0.2) is 23.2 Å². The average molecular weight is 525 g/mol. The number of benzene rings is 2. The van der Waals surface area contributed by atoms with E-state index in [4.69, 9.17) is 10.1 Å². The van der Waals surface area contributed by atoms with Crippen LogP contribution >= 0.6 is 11.8 Å². The predicted molar refractivity (Wildman–Crippen MR) is 137 cm³/mol. The van der Waals surface area contributed by atoms with Gasteiger partial charge in [0.25, 0.3) is 5.56 Å². The Hall–Kier alpha value is -3.48. The number of aryl methyl sites for hydroxylation is 1. The quantitative estimate of drug-likeness (QED) is 0.352. The third kappa shape index (κ3) is 4.66. The van der Waals surface area contributed by atoms with E-state index in [0.717, 1.165) is 16.8 Å². The van der Waals surface area contributed by atoms with Crippen LogP contribution in [-0.2, 0) is 21.2 Å². The van der Waals surface area contributed by atoms with Gasteiger partial charge in [-0.1, -0.05) is 42.1 Å². The second-order valence-electron chi connectivity index (χ2n) is 8.61. The van der Waals surface area contributed by atoms with Crippen LogP contribution in [-0.4, -0.2) is 46.0 Å². The van der Waals surface area contributed by atoms with Crippen molar-refractivity contribution in [3.63, 3.8) is 0 Å². The lowest BCUT2D eigenvalue weighted by Crippen LogP contribution is -2.31. The van der Waals surface area contributed by atoms with Crippen LogP contribution in [0, 0.1) is 6.92 Å². The minimum absolute atomic E-state index is 0.0466. The minimum atomic E-state index is -3.73. The van der Waals surface area contributed by atoms with Gasteiger partial charge in [0.1, 0.15) is 5.39 Å². The van der Waals surface area contributed by atoms with E-state index < -0.39 is 10.0 Å². The van der Waals surface area contributed by atoms with Crippen molar-refractivity contribution in [1.29, 1.82) is 0 Å². The maximum absolute atomic E-state index is 13.3. The van der Waals surface area contributed by atoms with Gasteiger partial charge in [0, 0.05) is 18.7 Å². The zero-order chi connectivity index (χ0) is 25.4. The largest absolute Gasteiger partial charge is 0.356 e. The predicted octanol–water partition coefficient (Wildman–Crippen LogP) is 1.93. The van der Waals surface area contributed by atoms with Gasteiger partial charge in [0.15, 0.2) is 10.8 Å². The number of rotatable bonds is 7. The highest BCUT2D eigenvalue weighted by Crippen LogP contribution is 2.33. The molecule has 10 nitrogen and oxygen atoms in total. The lowest BCUT2D eigenvalue weighted by Gasteiger charge is -2.14. The number of nitrogens with one attached hydrogen (secondary N) is 1. The summed E-state index contributed by atoms with van der Waals surface area (Å²) in [5.41, 5.74) is 3.06. The molecule has 0 spiro atoms. The van der Waals surface area contributed by atoms with Gasteiger partial charge in [-0.05, 0) is 42.7 Å². The second kappa shape index (κ2) is 9.52. The van der Waals surface area contributed by atoms with E-state index in [1.54, 1.807) is 21.4 Å². The number of hydrogen-bond donors (Lipinski definition) is 2. The number of para-hydroxylation sites is 1. The number of fused-ring (bicyclic) bond motifs is 2. The molecule has 1 atom stereocenters. The summed E-state index contributed by atoms with van der Waals surface area (Å²) in [5, 5.41) is 13.4. The van der Waals surface area contributed by atoms with Gasteiger partial charge in [0.2, 0.25) is 15.9 Å². The number of primary sulfonamides is 1. The monoisotopic (exact) mass is 524 g/mol. The number of nitrogens with zero attached hydrogens (tertiary/aromatic N) is 4. The number of nitrogens with two attached hydrogens (primary N) is 1. The van der Waals surface area contributed by atoms with Crippen molar-refractivity contribution in [2.45, 2.75) is 35.9 Å². The van der Waals surface area contributed by atoms with Gasteiger partial charge >= 0.3 is 0 Å². The zero-order valence-electron chi connectivity index (χ0n) is 19.4. The number of carbonyl (C=O) groups excluding carboxylic acids is 1. The van der Waals surface area contributed by atoms with Gasteiger partial charge in [-0.15, -0.1) is 0 Å². The zero-order valence-corrected chi connectivity index (χ0v) is 21.1. The van der Waals surface area contributed by atoms with Crippen molar-refractivity contribution in [2.24, 2.45) is 5.14 Å². The third-order valence-corrected chi connectivity index (χ3v) is 8.15. The van der Waals surface area contributed by atoms with Crippen LogP contribution in [0.5, 0.6) is 0 Å². The Morgan fingerprint density at radius 2 is 1.94 bits per heavy atom. The number of hydrogen-bond acceptors (Lipinski definition) is 7. The van der Waals surface area contributed by atoms with Gasteiger partial charge in [-0.2, -0.15) is 5.10 Å². The fraction of sp³-hybridized carbons (Fsp3) is 0.250. The number of amides is 1. The van der Waals surface area contributed by atoms with Crippen LogP contribution in [0.1, 0.15) is 23.6 Å². The molecule has 0 bridgehead atoms. The average Bonchev–Trinajstić information content (AvgIpc) is 3.44. The Kier molecular flexibility index (Phi) is 6.41. The third-order valence-electron chi connectivity index (χ3n) is 6.12. The molecule has 5 rings (SSSR count). The Morgan fingerprint density at radius 1 is 1.19 bits per heavy atom. The summed E-state index contributed by atoms with van der Waals surface area (Å²) in [6.07, 6.45) is 2.22. The number of thioether (sulfide) groups is 1. The summed E-state index contributed by atoms with van der Waals surface area (Å²) >= 11 is 1.45. The summed E-state index contributed by atoms with van der Waals surface area (Å²) in [7, 11) is -3.73. The SMILES string of the molecule is Cc1ccccc1-n1ncc2c(=O)n3c(nc21)SCC3CC(=O)NCCc1ccc(S(N)(=O)=O)cc1. The van der Waals surface area contributed by atoms with E-state index >= 15 is 0 Å². The molecule has 1 unspecified atom stereocenters. The van der Waals surface area contributed by atoms with Crippen LogP contribution in [0.25, 0.3) is 16.7 Å². The van der Waals surface area contributed by atoms with Crippen LogP contribution in [0.15, 0.2) is 69.6 Å². The van der Waals surface area contributed by atoms with Gasteiger partial charge in [-0.3, -0.25) is 14.2 Å². The van der Waals surface area contributed by atoms with Crippen LogP contribution in [0.3, 0.4) is 0 Å². The standard InChI is InChI=1S/C24H24N6O4S2/c1-15-4-2-3-5-20(15)30-22-19(13-27-30)23(32)29-17(14-35-24(29)28-22)12-21(31)26-11-10-16-6-8-18(9-7-16)36(25,33)34/h2-9,13,17H,10-12,14H2,1H3,(H,26,31)(H2,25,33,34). The normalized spacial score (nSPS) is 15.2. The first-order chi connectivity index (χ1) is 17.2. The molecule has 12 heteroatoms. The molecule has 4 aromatic rings. The van der Waals surface area contributed by atoms with E-state index in [1.165, 1.54) is 30.1 Å². The Morgan fingerprint density at radius 3 is 2.67 bits per heavy atom. The van der Waals surface area contributed by atoms with E-state index in [-0.39, 0.29) is 28.8 Å². The highest BCUT2D eigenvalue weighted by Gasteiger charge is 2.29. The molecular formula is C24H24N6O4S2. The van der Waals surface area contributed by atoms with Crippen molar-refractivity contribution in [1.82, 2.24) is 24.6 Å². The highest BCUT2D eigenvalue weighted by atomic mass is 32.2. The summed E-state index contributed by atoms with van der Waals surface area (Å²) in [4.78, 5) is 30.7. The lowest BCUT2D eigenvalue weighted by atomic mass is 10.1. The molecule has 0 aliphatic carbocycles. The molecule has 0 saturated heterocycles. The maximum Gasteiger partial charge on any atom is 0.265 e. The van der Waals surface area contributed by atoms with Crippen molar-refractivity contribution >= 4 is 38.7 Å². The Labute approximate surface area is 211 Å². The molecule has 1 aliphatic heterocycles. The molecule has 1 aliphatic rings. The van der Waals surface area contributed by atoms with Crippen molar-refractivity contribution in [2.75, 3.05) is 12.3 Å².